The number of nitro benzene ring substituents is 1. The van der Waals surface area contributed by atoms with Crippen LogP contribution in [0.25, 0.3) is 0 Å². The summed E-state index contributed by atoms with van der Waals surface area (Å²) in [5, 5.41) is 27.9. The van der Waals surface area contributed by atoms with Crippen LogP contribution in [0.3, 0.4) is 0 Å². The van der Waals surface area contributed by atoms with E-state index in [1.54, 1.807) is 6.92 Å². The Morgan fingerprint density at radius 3 is 2.68 bits per heavy atom. The lowest BCUT2D eigenvalue weighted by molar-refractivity contribution is -0.384. The molecule has 2 N–H and O–H groups in total. The summed E-state index contributed by atoms with van der Waals surface area (Å²) in [5.41, 5.74) is 1.73. The first-order valence-electron chi connectivity index (χ1n) is 8.38. The van der Waals surface area contributed by atoms with Crippen LogP contribution >= 0.6 is 11.6 Å². The van der Waals surface area contributed by atoms with Crippen LogP contribution in [0.5, 0.6) is 5.75 Å². The van der Waals surface area contributed by atoms with E-state index >= 15 is 0 Å². The van der Waals surface area contributed by atoms with E-state index in [0.29, 0.717) is 12.2 Å². The van der Waals surface area contributed by atoms with Crippen LogP contribution in [0.4, 0.5) is 5.69 Å². The number of phenols is 1. The van der Waals surface area contributed by atoms with Gasteiger partial charge in [0.15, 0.2) is 0 Å². The lowest BCUT2D eigenvalue weighted by Crippen LogP contribution is -2.23. The molecular weight excluding hydrogens is 384 g/mol. The Morgan fingerprint density at radius 2 is 2.00 bits per heavy atom. The number of rotatable bonds is 6. The van der Waals surface area contributed by atoms with Crippen molar-refractivity contribution in [3.63, 3.8) is 0 Å². The molecule has 0 fully saturated rings. The zero-order chi connectivity index (χ0) is 20.3. The first-order chi connectivity index (χ1) is 13.4. The Bertz CT molecular complexity index is 1030. The van der Waals surface area contributed by atoms with Gasteiger partial charge in [-0.3, -0.25) is 14.9 Å². The Hall–Kier alpha value is -3.39. The highest BCUT2D eigenvalue weighted by Crippen LogP contribution is 2.24. The maximum Gasteiger partial charge on any atom is 0.270 e. The standard InChI is InChI=1S/C19H17ClN4O4/c1-12-17(18(20)23(22-12)11-13-5-3-2-4-6-13)19(26)21-10-14-9-15(24(27)28)7-8-16(14)25/h2-9,25H,10-11H2,1H3,(H,21,26). The van der Waals surface area contributed by atoms with Crippen LogP contribution in [0, 0.1) is 17.0 Å². The number of nitrogens with zero attached hydrogens (tertiary/aromatic N) is 3. The average molecular weight is 401 g/mol. The molecule has 0 spiro atoms. The second kappa shape index (κ2) is 8.10. The smallest absolute Gasteiger partial charge is 0.270 e. The van der Waals surface area contributed by atoms with Gasteiger partial charge < -0.3 is 10.4 Å². The van der Waals surface area contributed by atoms with E-state index in [-0.39, 0.29) is 34.3 Å². The molecule has 0 aliphatic carbocycles. The minimum Gasteiger partial charge on any atom is -0.508 e. The number of non-ortho nitro benzene ring substituents is 1. The normalized spacial score (nSPS) is 10.6. The van der Waals surface area contributed by atoms with Gasteiger partial charge in [-0.05, 0) is 18.6 Å². The van der Waals surface area contributed by atoms with Crippen LogP contribution in [-0.2, 0) is 13.1 Å². The van der Waals surface area contributed by atoms with Crippen molar-refractivity contribution in [2.24, 2.45) is 0 Å². The number of nitrogens with one attached hydrogen (secondary N) is 1. The molecule has 144 valence electrons. The fraction of sp³-hybridized carbons (Fsp3) is 0.158. The van der Waals surface area contributed by atoms with Crippen molar-refractivity contribution in [3.05, 3.63) is 86.2 Å². The number of amides is 1. The minimum absolute atomic E-state index is 0.0913. The van der Waals surface area contributed by atoms with Gasteiger partial charge in [0.05, 0.1) is 22.7 Å². The molecule has 3 rings (SSSR count). The van der Waals surface area contributed by atoms with Crippen molar-refractivity contribution in [1.82, 2.24) is 15.1 Å². The third-order valence-corrected chi connectivity index (χ3v) is 4.57. The highest BCUT2D eigenvalue weighted by atomic mass is 35.5. The molecule has 0 aliphatic heterocycles. The fourth-order valence-electron chi connectivity index (χ4n) is 2.76. The van der Waals surface area contributed by atoms with E-state index in [4.69, 9.17) is 11.6 Å². The number of halogens is 1. The Kier molecular flexibility index (Phi) is 5.60. The molecule has 3 aromatic rings. The van der Waals surface area contributed by atoms with Crippen LogP contribution in [0.15, 0.2) is 48.5 Å². The number of carbonyl (C=O) groups is 1. The fourth-order valence-corrected chi connectivity index (χ4v) is 3.08. The van der Waals surface area contributed by atoms with Gasteiger partial charge in [0.1, 0.15) is 10.9 Å². The van der Waals surface area contributed by atoms with Crippen molar-refractivity contribution in [2.75, 3.05) is 0 Å². The SMILES string of the molecule is Cc1nn(Cc2ccccc2)c(Cl)c1C(=O)NCc1cc([N+](=O)[O-])ccc1O. The van der Waals surface area contributed by atoms with E-state index in [2.05, 4.69) is 10.4 Å². The molecule has 0 bridgehead atoms. The summed E-state index contributed by atoms with van der Waals surface area (Å²) >= 11 is 6.36. The maximum atomic E-state index is 12.6. The summed E-state index contributed by atoms with van der Waals surface area (Å²) in [5.74, 6) is -0.624. The van der Waals surface area contributed by atoms with E-state index in [9.17, 15) is 20.0 Å². The topological polar surface area (TPSA) is 110 Å². The van der Waals surface area contributed by atoms with E-state index < -0.39 is 10.8 Å². The second-order valence-corrected chi connectivity index (χ2v) is 6.51. The highest BCUT2D eigenvalue weighted by Gasteiger charge is 2.21. The number of phenolic OH excluding ortho intramolecular Hbond substituents is 1. The molecule has 0 saturated heterocycles. The number of hydrogen-bond donors (Lipinski definition) is 2. The number of benzene rings is 2. The van der Waals surface area contributed by atoms with Crippen LogP contribution in [-0.4, -0.2) is 25.7 Å². The third kappa shape index (κ3) is 4.12. The first kappa shape index (κ1) is 19.4. The van der Waals surface area contributed by atoms with Crippen molar-refractivity contribution in [1.29, 1.82) is 0 Å². The summed E-state index contributed by atoms with van der Waals surface area (Å²) in [6.45, 7) is 2.00. The number of hydrogen-bond acceptors (Lipinski definition) is 5. The minimum atomic E-state index is -0.570. The molecule has 9 heteroatoms. The molecule has 0 aliphatic rings. The molecule has 0 unspecified atom stereocenters. The Balaban J connectivity index is 1.76. The maximum absolute atomic E-state index is 12.6. The van der Waals surface area contributed by atoms with Gasteiger partial charge in [0.25, 0.3) is 11.6 Å². The van der Waals surface area contributed by atoms with Gasteiger partial charge in [-0.1, -0.05) is 41.9 Å². The summed E-state index contributed by atoms with van der Waals surface area (Å²) in [6.07, 6.45) is 0. The molecular formula is C19H17ClN4O4. The number of carbonyl (C=O) groups excluding carboxylic acids is 1. The first-order valence-corrected chi connectivity index (χ1v) is 8.76. The highest BCUT2D eigenvalue weighted by molar-refractivity contribution is 6.33. The summed E-state index contributed by atoms with van der Waals surface area (Å²) < 4.78 is 1.53. The van der Waals surface area contributed by atoms with Crippen LogP contribution in [0.1, 0.15) is 27.2 Å². The summed E-state index contributed by atoms with van der Waals surface area (Å²) in [6, 6.07) is 13.2. The lowest BCUT2D eigenvalue weighted by Gasteiger charge is -2.07. The van der Waals surface area contributed by atoms with Crippen molar-refractivity contribution in [3.8, 4) is 5.75 Å². The lowest BCUT2D eigenvalue weighted by atomic mass is 10.1. The number of aromatic nitrogens is 2. The number of aromatic hydroxyl groups is 1. The molecule has 0 saturated carbocycles. The number of nitro groups is 1. The van der Waals surface area contributed by atoms with Gasteiger partial charge in [0, 0.05) is 24.2 Å². The quantitative estimate of drug-likeness (QED) is 0.486. The van der Waals surface area contributed by atoms with E-state index in [1.807, 2.05) is 30.3 Å². The molecule has 0 radical (unpaired) electrons. The monoisotopic (exact) mass is 400 g/mol. The van der Waals surface area contributed by atoms with Gasteiger partial charge in [-0.15, -0.1) is 0 Å². The molecule has 1 amide bonds. The summed E-state index contributed by atoms with van der Waals surface area (Å²) in [4.78, 5) is 22.9. The zero-order valence-corrected chi connectivity index (χ0v) is 15.7. The van der Waals surface area contributed by atoms with Crippen LogP contribution in [0.2, 0.25) is 5.15 Å². The third-order valence-electron chi connectivity index (χ3n) is 4.18. The van der Waals surface area contributed by atoms with Gasteiger partial charge in [-0.2, -0.15) is 5.10 Å². The largest absolute Gasteiger partial charge is 0.508 e. The molecule has 1 heterocycles. The molecule has 8 nitrogen and oxygen atoms in total. The van der Waals surface area contributed by atoms with E-state index in [1.165, 1.54) is 22.9 Å². The van der Waals surface area contributed by atoms with Crippen LogP contribution < -0.4 is 5.32 Å². The predicted molar refractivity (Wildman–Crippen MR) is 103 cm³/mol. The molecule has 28 heavy (non-hydrogen) atoms. The molecule has 2 aromatic carbocycles. The zero-order valence-electron chi connectivity index (χ0n) is 14.9. The van der Waals surface area contributed by atoms with Crippen molar-refractivity contribution >= 4 is 23.2 Å². The summed E-state index contributed by atoms with van der Waals surface area (Å²) in [7, 11) is 0. The number of aryl methyl sites for hydroxylation is 1. The van der Waals surface area contributed by atoms with Gasteiger partial charge in [-0.25, -0.2) is 4.68 Å². The molecule has 0 atom stereocenters. The predicted octanol–water partition coefficient (Wildman–Crippen LogP) is 3.44. The Labute approximate surface area is 165 Å². The average Bonchev–Trinajstić information content (AvgIpc) is 2.94. The van der Waals surface area contributed by atoms with Gasteiger partial charge in [0.2, 0.25) is 0 Å². The Morgan fingerprint density at radius 1 is 1.29 bits per heavy atom. The van der Waals surface area contributed by atoms with Gasteiger partial charge >= 0.3 is 0 Å². The second-order valence-electron chi connectivity index (χ2n) is 6.15. The van der Waals surface area contributed by atoms with Crippen molar-refractivity contribution < 1.29 is 14.8 Å². The van der Waals surface area contributed by atoms with E-state index in [0.717, 1.165) is 5.56 Å². The van der Waals surface area contributed by atoms with Crippen molar-refractivity contribution in [2.45, 2.75) is 20.0 Å². The molecule has 1 aromatic heterocycles.